The van der Waals surface area contributed by atoms with Crippen molar-refractivity contribution in [2.45, 2.75) is 0 Å². The van der Waals surface area contributed by atoms with Gasteiger partial charge >= 0.3 is 0 Å². The lowest BCUT2D eigenvalue weighted by Crippen LogP contribution is -2.11. The zero-order valence-corrected chi connectivity index (χ0v) is 29.2. The Hall–Kier alpha value is -6.48. The fourth-order valence-electron chi connectivity index (χ4n) is 7.77. The van der Waals surface area contributed by atoms with Gasteiger partial charge in [-0.05, 0) is 97.9 Å². The third kappa shape index (κ3) is 5.24. The predicted molar refractivity (Wildman–Crippen MR) is 225 cm³/mol. The third-order valence-corrected chi connectivity index (χ3v) is 11.4. The first-order valence-corrected chi connectivity index (χ1v) is 18.6. The van der Waals surface area contributed by atoms with Gasteiger partial charge in [-0.1, -0.05) is 152 Å². The molecular formula is C50H33NS. The van der Waals surface area contributed by atoms with Crippen molar-refractivity contribution in [2.24, 2.45) is 0 Å². The lowest BCUT2D eigenvalue weighted by Gasteiger charge is -2.28. The van der Waals surface area contributed by atoms with Crippen LogP contribution in [-0.4, -0.2) is 0 Å². The van der Waals surface area contributed by atoms with Crippen LogP contribution in [0.1, 0.15) is 0 Å². The molecule has 9 aromatic carbocycles. The van der Waals surface area contributed by atoms with Crippen molar-refractivity contribution in [3.05, 3.63) is 200 Å². The van der Waals surface area contributed by atoms with Crippen LogP contribution in [0.4, 0.5) is 17.1 Å². The standard InChI is InChI=1S/C50H33NS/c1-2-13-37(14-3-1)43-19-8-9-22-47(43)51(40-28-26-35(27-29-40)39-25-24-34-12-4-5-16-38(34)32-39)41-30-31-48-46(33-41)50-45(21-11-23-49(50)52-48)44-20-10-17-36-15-6-7-18-42(36)44/h1-33H. The molecule has 10 rings (SSSR count). The normalized spacial score (nSPS) is 11.5. The molecule has 0 aliphatic carbocycles. The van der Waals surface area contributed by atoms with Crippen LogP contribution in [0.15, 0.2) is 200 Å². The van der Waals surface area contributed by atoms with Crippen LogP contribution in [0.2, 0.25) is 0 Å². The maximum atomic E-state index is 2.43. The summed E-state index contributed by atoms with van der Waals surface area (Å²) < 4.78 is 2.59. The highest BCUT2D eigenvalue weighted by atomic mass is 32.1. The van der Waals surface area contributed by atoms with Gasteiger partial charge in [-0.15, -0.1) is 11.3 Å². The smallest absolute Gasteiger partial charge is 0.0540 e. The number of rotatable bonds is 6. The monoisotopic (exact) mass is 679 g/mol. The molecule has 0 fully saturated rings. The van der Waals surface area contributed by atoms with Gasteiger partial charge in [0.25, 0.3) is 0 Å². The molecule has 0 bridgehead atoms. The Balaban J connectivity index is 1.17. The molecule has 1 aromatic heterocycles. The number of nitrogens with zero attached hydrogens (tertiary/aromatic N) is 1. The van der Waals surface area contributed by atoms with Gasteiger partial charge in [0, 0.05) is 37.1 Å². The highest BCUT2D eigenvalue weighted by molar-refractivity contribution is 7.26. The summed E-state index contributed by atoms with van der Waals surface area (Å²) >= 11 is 1.87. The minimum absolute atomic E-state index is 1.11. The first kappa shape index (κ1) is 30.4. The minimum Gasteiger partial charge on any atom is -0.310 e. The molecule has 0 atom stereocenters. The molecule has 2 heteroatoms. The Kier molecular flexibility index (Phi) is 7.41. The quantitative estimate of drug-likeness (QED) is 0.169. The SMILES string of the molecule is c1ccc(-c2ccccc2N(c2ccc(-c3ccc4ccccc4c3)cc2)c2ccc3sc4cccc(-c5cccc6ccccc56)c4c3c2)cc1. The van der Waals surface area contributed by atoms with Gasteiger partial charge in [0.05, 0.1) is 5.69 Å². The molecule has 10 aromatic rings. The number of hydrogen-bond donors (Lipinski definition) is 0. The molecule has 52 heavy (non-hydrogen) atoms. The molecule has 244 valence electrons. The van der Waals surface area contributed by atoms with E-state index in [1.54, 1.807) is 0 Å². The highest BCUT2D eigenvalue weighted by Gasteiger charge is 2.20. The zero-order chi connectivity index (χ0) is 34.4. The summed E-state index contributed by atoms with van der Waals surface area (Å²) in [4.78, 5) is 2.43. The molecule has 0 amide bonds. The van der Waals surface area contributed by atoms with E-state index in [0.29, 0.717) is 0 Å². The van der Waals surface area contributed by atoms with Crippen LogP contribution >= 0.6 is 11.3 Å². The number of para-hydroxylation sites is 1. The van der Waals surface area contributed by atoms with Crippen LogP contribution in [0.25, 0.3) is 75.1 Å². The molecule has 0 saturated heterocycles. The highest BCUT2D eigenvalue weighted by Crippen LogP contribution is 2.46. The molecule has 0 aliphatic heterocycles. The van der Waals surface area contributed by atoms with E-state index in [1.807, 2.05) is 11.3 Å². The fourth-order valence-corrected chi connectivity index (χ4v) is 8.88. The Bertz CT molecular complexity index is 2900. The van der Waals surface area contributed by atoms with Crippen LogP contribution in [-0.2, 0) is 0 Å². The average molecular weight is 680 g/mol. The van der Waals surface area contributed by atoms with Crippen molar-refractivity contribution in [2.75, 3.05) is 4.90 Å². The van der Waals surface area contributed by atoms with Crippen molar-refractivity contribution in [3.63, 3.8) is 0 Å². The average Bonchev–Trinajstić information content (AvgIpc) is 3.60. The van der Waals surface area contributed by atoms with Crippen LogP contribution in [0.5, 0.6) is 0 Å². The van der Waals surface area contributed by atoms with Gasteiger partial charge in [0.15, 0.2) is 0 Å². The van der Waals surface area contributed by atoms with Crippen LogP contribution < -0.4 is 4.90 Å². The van der Waals surface area contributed by atoms with E-state index < -0.39 is 0 Å². The van der Waals surface area contributed by atoms with Crippen molar-refractivity contribution in [1.82, 2.24) is 0 Å². The maximum absolute atomic E-state index is 2.43. The predicted octanol–water partition coefficient (Wildman–Crippen LogP) is 14.8. The van der Waals surface area contributed by atoms with Gasteiger partial charge in [0.1, 0.15) is 0 Å². The molecule has 0 unspecified atom stereocenters. The largest absolute Gasteiger partial charge is 0.310 e. The first-order valence-electron chi connectivity index (χ1n) is 17.8. The molecule has 1 nitrogen and oxygen atoms in total. The maximum Gasteiger partial charge on any atom is 0.0540 e. The minimum atomic E-state index is 1.11. The molecule has 0 aliphatic rings. The van der Waals surface area contributed by atoms with E-state index in [-0.39, 0.29) is 0 Å². The summed E-state index contributed by atoms with van der Waals surface area (Å²) in [5, 5.41) is 7.62. The number of anilines is 3. The molecular weight excluding hydrogens is 647 g/mol. The van der Waals surface area contributed by atoms with Gasteiger partial charge in [-0.3, -0.25) is 0 Å². The molecule has 0 spiro atoms. The second kappa shape index (κ2) is 12.7. The summed E-state index contributed by atoms with van der Waals surface area (Å²) in [5.74, 6) is 0. The van der Waals surface area contributed by atoms with E-state index in [0.717, 1.165) is 17.1 Å². The van der Waals surface area contributed by atoms with Gasteiger partial charge in [-0.2, -0.15) is 0 Å². The summed E-state index contributed by atoms with van der Waals surface area (Å²) in [6, 6.07) is 72.9. The topological polar surface area (TPSA) is 3.24 Å². The lowest BCUT2D eigenvalue weighted by atomic mass is 9.94. The van der Waals surface area contributed by atoms with Crippen molar-refractivity contribution in [1.29, 1.82) is 0 Å². The summed E-state index contributed by atoms with van der Waals surface area (Å²) in [5.41, 5.74) is 10.7. The summed E-state index contributed by atoms with van der Waals surface area (Å²) in [6.45, 7) is 0. The fraction of sp³-hybridized carbons (Fsp3) is 0. The van der Waals surface area contributed by atoms with Crippen molar-refractivity contribution < 1.29 is 0 Å². The Morgan fingerprint density at radius 1 is 0.327 bits per heavy atom. The van der Waals surface area contributed by atoms with Crippen LogP contribution in [0, 0.1) is 0 Å². The molecule has 0 radical (unpaired) electrons. The zero-order valence-electron chi connectivity index (χ0n) is 28.4. The van der Waals surface area contributed by atoms with E-state index in [4.69, 9.17) is 0 Å². The molecule has 1 heterocycles. The Morgan fingerprint density at radius 2 is 0.981 bits per heavy atom. The van der Waals surface area contributed by atoms with E-state index in [1.165, 1.54) is 75.1 Å². The summed E-state index contributed by atoms with van der Waals surface area (Å²) in [7, 11) is 0. The van der Waals surface area contributed by atoms with Crippen molar-refractivity contribution >= 4 is 70.1 Å². The van der Waals surface area contributed by atoms with E-state index in [2.05, 4.69) is 205 Å². The number of fused-ring (bicyclic) bond motifs is 5. The van der Waals surface area contributed by atoms with Crippen molar-refractivity contribution in [3.8, 4) is 33.4 Å². The molecule has 0 saturated carbocycles. The van der Waals surface area contributed by atoms with E-state index in [9.17, 15) is 0 Å². The number of hydrogen-bond acceptors (Lipinski definition) is 2. The Morgan fingerprint density at radius 3 is 1.87 bits per heavy atom. The number of thiophene rings is 1. The van der Waals surface area contributed by atoms with Gasteiger partial charge in [0.2, 0.25) is 0 Å². The van der Waals surface area contributed by atoms with Gasteiger partial charge < -0.3 is 4.90 Å². The summed E-state index contributed by atoms with van der Waals surface area (Å²) in [6.07, 6.45) is 0. The van der Waals surface area contributed by atoms with E-state index >= 15 is 0 Å². The third-order valence-electron chi connectivity index (χ3n) is 10.3. The number of benzene rings is 9. The lowest BCUT2D eigenvalue weighted by molar-refractivity contribution is 1.29. The molecule has 0 N–H and O–H groups in total. The second-order valence-electron chi connectivity index (χ2n) is 13.3. The second-order valence-corrected chi connectivity index (χ2v) is 14.4. The first-order chi connectivity index (χ1) is 25.8. The van der Waals surface area contributed by atoms with Gasteiger partial charge in [-0.25, -0.2) is 0 Å². The van der Waals surface area contributed by atoms with Crippen LogP contribution in [0.3, 0.4) is 0 Å². The Labute approximate surface area is 307 Å².